The van der Waals surface area contributed by atoms with Crippen molar-refractivity contribution >= 4 is 11.9 Å². The standard InChI is InChI=1S/C7H7F3O4/c8-6(4(11)12,3-1-2-3)7(9,10)5(13)14/h3H,1-2H2,(H,11,12)(H,13,14). The fourth-order valence-electron chi connectivity index (χ4n) is 1.20. The van der Waals surface area contributed by atoms with Crippen LogP contribution >= 0.6 is 0 Å². The highest BCUT2D eigenvalue weighted by Crippen LogP contribution is 2.50. The molecule has 0 aliphatic heterocycles. The van der Waals surface area contributed by atoms with Crippen molar-refractivity contribution in [1.82, 2.24) is 0 Å². The Kier molecular flexibility index (Phi) is 2.21. The van der Waals surface area contributed by atoms with Crippen LogP contribution in [0.2, 0.25) is 0 Å². The van der Waals surface area contributed by atoms with E-state index in [1.54, 1.807) is 0 Å². The van der Waals surface area contributed by atoms with Gasteiger partial charge in [-0.15, -0.1) is 0 Å². The van der Waals surface area contributed by atoms with E-state index >= 15 is 0 Å². The number of hydrogen-bond acceptors (Lipinski definition) is 2. The largest absolute Gasteiger partial charge is 0.479 e. The van der Waals surface area contributed by atoms with E-state index in [0.717, 1.165) is 0 Å². The van der Waals surface area contributed by atoms with Crippen LogP contribution in [0, 0.1) is 5.92 Å². The smallest absolute Gasteiger partial charge is 0.386 e. The molecular formula is C7H7F3O4. The average molecular weight is 212 g/mol. The summed E-state index contributed by atoms with van der Waals surface area (Å²) in [4.78, 5) is 20.4. The van der Waals surface area contributed by atoms with Gasteiger partial charge in [-0.2, -0.15) is 8.78 Å². The molecule has 0 aromatic rings. The molecule has 2 N–H and O–H groups in total. The molecule has 4 nitrogen and oxygen atoms in total. The summed E-state index contributed by atoms with van der Waals surface area (Å²) in [5.74, 6) is -11.5. The number of carbonyl (C=O) groups is 2. The zero-order chi connectivity index (χ0) is 11.1. The first-order chi connectivity index (χ1) is 6.24. The molecule has 0 saturated heterocycles. The summed E-state index contributed by atoms with van der Waals surface area (Å²) in [7, 11) is 0. The molecule has 1 rings (SSSR count). The second kappa shape index (κ2) is 2.86. The molecule has 0 aromatic carbocycles. The third-order valence-corrected chi connectivity index (χ3v) is 2.18. The van der Waals surface area contributed by atoms with Crippen LogP contribution in [0.4, 0.5) is 13.2 Å². The van der Waals surface area contributed by atoms with E-state index in [4.69, 9.17) is 10.2 Å². The number of carboxylic acid groups (broad SMARTS) is 2. The van der Waals surface area contributed by atoms with Crippen LogP contribution in [0.15, 0.2) is 0 Å². The monoisotopic (exact) mass is 212 g/mol. The summed E-state index contributed by atoms with van der Waals surface area (Å²) in [5.41, 5.74) is -3.99. The number of alkyl halides is 3. The van der Waals surface area contributed by atoms with Crippen LogP contribution in [-0.2, 0) is 9.59 Å². The van der Waals surface area contributed by atoms with E-state index < -0.39 is 29.4 Å². The van der Waals surface area contributed by atoms with Gasteiger partial charge < -0.3 is 10.2 Å². The Morgan fingerprint density at radius 2 is 1.50 bits per heavy atom. The minimum Gasteiger partial charge on any atom is -0.479 e. The molecule has 7 heteroatoms. The highest BCUT2D eigenvalue weighted by atomic mass is 19.3. The number of halogens is 3. The number of rotatable bonds is 4. The zero-order valence-corrected chi connectivity index (χ0v) is 6.84. The van der Waals surface area contributed by atoms with Crippen molar-refractivity contribution < 1.29 is 33.0 Å². The molecule has 0 amide bonds. The van der Waals surface area contributed by atoms with Crippen LogP contribution in [0.5, 0.6) is 0 Å². The Balaban J connectivity index is 3.10. The third kappa shape index (κ3) is 1.23. The Labute approximate surface area is 76.3 Å². The van der Waals surface area contributed by atoms with Gasteiger partial charge in [0.15, 0.2) is 0 Å². The van der Waals surface area contributed by atoms with Crippen LogP contribution in [-0.4, -0.2) is 33.7 Å². The summed E-state index contributed by atoms with van der Waals surface area (Å²) in [6.07, 6.45) is -0.0721. The summed E-state index contributed by atoms with van der Waals surface area (Å²) in [6.45, 7) is 0. The van der Waals surface area contributed by atoms with Gasteiger partial charge in [0.1, 0.15) is 0 Å². The molecule has 1 saturated carbocycles. The van der Waals surface area contributed by atoms with Crippen molar-refractivity contribution in [2.24, 2.45) is 5.92 Å². The highest BCUT2D eigenvalue weighted by Gasteiger charge is 2.72. The van der Waals surface area contributed by atoms with Crippen molar-refractivity contribution in [2.45, 2.75) is 24.4 Å². The summed E-state index contributed by atoms with van der Waals surface area (Å²) in [6, 6.07) is 0. The first-order valence-corrected chi connectivity index (χ1v) is 3.78. The summed E-state index contributed by atoms with van der Waals surface area (Å²) < 4.78 is 39.0. The molecule has 1 atom stereocenters. The molecule has 1 unspecified atom stereocenters. The Morgan fingerprint density at radius 1 is 1.07 bits per heavy atom. The molecule has 1 fully saturated rings. The van der Waals surface area contributed by atoms with Gasteiger partial charge in [-0.05, 0) is 12.8 Å². The van der Waals surface area contributed by atoms with Gasteiger partial charge in [-0.1, -0.05) is 0 Å². The Morgan fingerprint density at radius 3 is 1.71 bits per heavy atom. The molecule has 1 aliphatic rings. The molecule has 0 radical (unpaired) electrons. The molecule has 0 heterocycles. The SMILES string of the molecule is O=C(O)C(F)(F)C(F)(C(=O)O)C1CC1. The fourth-order valence-corrected chi connectivity index (χ4v) is 1.20. The minimum atomic E-state index is -4.89. The maximum absolute atomic E-state index is 13.4. The quantitative estimate of drug-likeness (QED) is 0.726. The first-order valence-electron chi connectivity index (χ1n) is 3.78. The summed E-state index contributed by atoms with van der Waals surface area (Å²) >= 11 is 0. The van der Waals surface area contributed by atoms with Gasteiger partial charge >= 0.3 is 17.9 Å². The van der Waals surface area contributed by atoms with Crippen molar-refractivity contribution in [2.75, 3.05) is 0 Å². The van der Waals surface area contributed by atoms with Gasteiger partial charge in [0, 0.05) is 5.92 Å². The molecule has 1 aliphatic carbocycles. The minimum absolute atomic E-state index is 0.0360. The van der Waals surface area contributed by atoms with E-state index in [1.165, 1.54) is 0 Å². The maximum atomic E-state index is 13.4. The molecular weight excluding hydrogens is 205 g/mol. The van der Waals surface area contributed by atoms with Crippen LogP contribution in [0.25, 0.3) is 0 Å². The van der Waals surface area contributed by atoms with Crippen molar-refractivity contribution in [3.63, 3.8) is 0 Å². The Hall–Kier alpha value is -1.27. The predicted molar refractivity (Wildman–Crippen MR) is 36.8 cm³/mol. The lowest BCUT2D eigenvalue weighted by Crippen LogP contribution is -2.56. The summed E-state index contributed by atoms with van der Waals surface area (Å²) in [5, 5.41) is 16.4. The predicted octanol–water partition coefficient (Wildman–Crippen LogP) is 0.909. The van der Waals surface area contributed by atoms with E-state index in [2.05, 4.69) is 0 Å². The highest BCUT2D eigenvalue weighted by molar-refractivity contribution is 5.90. The van der Waals surface area contributed by atoms with Gasteiger partial charge in [0.25, 0.3) is 5.67 Å². The number of hydrogen-bond donors (Lipinski definition) is 2. The van der Waals surface area contributed by atoms with E-state index in [-0.39, 0.29) is 12.8 Å². The van der Waals surface area contributed by atoms with Gasteiger partial charge in [0.05, 0.1) is 0 Å². The van der Waals surface area contributed by atoms with E-state index in [1.807, 2.05) is 0 Å². The van der Waals surface area contributed by atoms with Crippen LogP contribution in [0.1, 0.15) is 12.8 Å². The van der Waals surface area contributed by atoms with E-state index in [0.29, 0.717) is 0 Å². The van der Waals surface area contributed by atoms with Crippen LogP contribution < -0.4 is 0 Å². The second-order valence-electron chi connectivity index (χ2n) is 3.17. The van der Waals surface area contributed by atoms with Gasteiger partial charge in [-0.25, -0.2) is 14.0 Å². The number of carboxylic acids is 2. The Bertz CT molecular complexity index is 287. The molecule has 0 spiro atoms. The van der Waals surface area contributed by atoms with Crippen LogP contribution in [0.3, 0.4) is 0 Å². The van der Waals surface area contributed by atoms with Gasteiger partial charge in [0.2, 0.25) is 0 Å². The van der Waals surface area contributed by atoms with Crippen molar-refractivity contribution in [1.29, 1.82) is 0 Å². The normalized spacial score (nSPS) is 21.4. The number of aliphatic carboxylic acids is 2. The molecule has 80 valence electrons. The van der Waals surface area contributed by atoms with E-state index in [9.17, 15) is 22.8 Å². The van der Waals surface area contributed by atoms with Crippen molar-refractivity contribution in [3.8, 4) is 0 Å². The second-order valence-corrected chi connectivity index (χ2v) is 3.17. The fraction of sp³-hybridized carbons (Fsp3) is 0.714. The molecule has 0 bridgehead atoms. The first kappa shape index (κ1) is 10.8. The lowest BCUT2D eigenvalue weighted by molar-refractivity contribution is -0.206. The van der Waals surface area contributed by atoms with Crippen molar-refractivity contribution in [3.05, 3.63) is 0 Å². The third-order valence-electron chi connectivity index (χ3n) is 2.18. The lowest BCUT2D eigenvalue weighted by atomic mass is 9.92. The topological polar surface area (TPSA) is 74.6 Å². The average Bonchev–Trinajstić information content (AvgIpc) is 2.84. The molecule has 0 aromatic heterocycles. The molecule has 14 heavy (non-hydrogen) atoms. The zero-order valence-electron chi connectivity index (χ0n) is 6.84. The maximum Gasteiger partial charge on any atom is 0.386 e. The lowest BCUT2D eigenvalue weighted by Gasteiger charge is -2.26. The van der Waals surface area contributed by atoms with Gasteiger partial charge in [-0.3, -0.25) is 0 Å².